The number of para-hydroxylation sites is 1. The van der Waals surface area contributed by atoms with Crippen molar-refractivity contribution in [2.45, 2.75) is 38.7 Å². The first kappa shape index (κ1) is 26.2. The van der Waals surface area contributed by atoms with Gasteiger partial charge in [0.25, 0.3) is 0 Å². The molecule has 3 unspecified atom stereocenters. The molecule has 7 nitrogen and oxygen atoms in total. The predicted octanol–water partition coefficient (Wildman–Crippen LogP) is 4.22. The van der Waals surface area contributed by atoms with Gasteiger partial charge in [0.05, 0.1) is 0 Å². The van der Waals surface area contributed by atoms with Gasteiger partial charge < -0.3 is 29.9 Å². The van der Waals surface area contributed by atoms with Crippen molar-refractivity contribution in [2.24, 2.45) is 5.92 Å². The molecule has 3 atom stereocenters. The molecule has 0 bridgehead atoms. The van der Waals surface area contributed by atoms with Gasteiger partial charge in [0.15, 0.2) is 6.35 Å². The van der Waals surface area contributed by atoms with Crippen molar-refractivity contribution >= 4 is 7.37 Å². The second-order valence-electron chi connectivity index (χ2n) is 8.02. The molecule has 0 heterocycles. The molecule has 178 valence electrons. The zero-order valence-electron chi connectivity index (χ0n) is 18.7. The summed E-state index contributed by atoms with van der Waals surface area (Å²) in [6.07, 6.45) is 3.00. The van der Waals surface area contributed by atoms with Crippen LogP contribution in [0.5, 0.6) is 17.2 Å². The molecular weight excluding hydrogens is 429 g/mol. The summed E-state index contributed by atoms with van der Waals surface area (Å²) in [5, 5.41) is 22.5. The van der Waals surface area contributed by atoms with Gasteiger partial charge in [-0.05, 0) is 68.1 Å². The zero-order chi connectivity index (χ0) is 23.2. The third-order valence-corrected chi connectivity index (χ3v) is 6.81. The molecule has 0 aliphatic heterocycles. The second-order valence-corrected chi connectivity index (χ2v) is 10.4. The molecule has 0 saturated heterocycles. The predicted molar refractivity (Wildman–Crippen MR) is 127 cm³/mol. The molecule has 0 fully saturated rings. The number of hydrogen-bond donors (Lipinski definition) is 4. The van der Waals surface area contributed by atoms with Crippen molar-refractivity contribution in [1.29, 1.82) is 0 Å². The Labute approximate surface area is 190 Å². The van der Waals surface area contributed by atoms with Crippen LogP contribution in [0.3, 0.4) is 0 Å². The molecule has 8 heteroatoms. The lowest BCUT2D eigenvalue weighted by molar-refractivity contribution is 0.106. The van der Waals surface area contributed by atoms with Crippen molar-refractivity contribution < 1.29 is 29.1 Å². The second kappa shape index (κ2) is 14.2. The Morgan fingerprint density at radius 3 is 2.38 bits per heavy atom. The highest BCUT2D eigenvalue weighted by Crippen LogP contribution is 2.42. The lowest BCUT2D eigenvalue weighted by Crippen LogP contribution is -2.32. The molecule has 2 aromatic rings. The SMILES string of the molecule is CCC(CCCP(=O)(O)COc1ccccc1)CCNCC(O)COc1ccc(O)cc1. The minimum Gasteiger partial charge on any atom is -0.508 e. The van der Waals surface area contributed by atoms with E-state index < -0.39 is 13.5 Å². The topological polar surface area (TPSA) is 108 Å². The summed E-state index contributed by atoms with van der Waals surface area (Å²) in [6.45, 7) is 3.49. The molecular formula is C24H36NO6P. The van der Waals surface area contributed by atoms with Gasteiger partial charge in [-0.25, -0.2) is 0 Å². The molecule has 0 saturated carbocycles. The summed E-state index contributed by atoms with van der Waals surface area (Å²) < 4.78 is 23.3. The van der Waals surface area contributed by atoms with Gasteiger partial charge in [-0.3, -0.25) is 4.57 Å². The monoisotopic (exact) mass is 465 g/mol. The summed E-state index contributed by atoms with van der Waals surface area (Å²) in [4.78, 5) is 10.1. The maximum absolute atomic E-state index is 12.3. The Morgan fingerprint density at radius 2 is 1.69 bits per heavy atom. The largest absolute Gasteiger partial charge is 0.508 e. The maximum atomic E-state index is 12.3. The first-order chi connectivity index (χ1) is 15.4. The highest BCUT2D eigenvalue weighted by molar-refractivity contribution is 7.57. The summed E-state index contributed by atoms with van der Waals surface area (Å²) in [5.41, 5.74) is 0. The smallest absolute Gasteiger partial charge is 0.236 e. The molecule has 0 radical (unpaired) electrons. The van der Waals surface area contributed by atoms with Crippen LogP contribution < -0.4 is 14.8 Å². The van der Waals surface area contributed by atoms with Crippen LogP contribution >= 0.6 is 7.37 Å². The van der Waals surface area contributed by atoms with Gasteiger partial charge in [-0.1, -0.05) is 31.5 Å². The van der Waals surface area contributed by atoms with Gasteiger partial charge in [-0.15, -0.1) is 0 Å². The Balaban J connectivity index is 1.55. The fraction of sp³-hybridized carbons (Fsp3) is 0.500. The van der Waals surface area contributed by atoms with E-state index in [4.69, 9.17) is 9.47 Å². The molecule has 4 N–H and O–H groups in total. The first-order valence-corrected chi connectivity index (χ1v) is 13.2. The van der Waals surface area contributed by atoms with Crippen LogP contribution in [0.4, 0.5) is 0 Å². The van der Waals surface area contributed by atoms with Crippen LogP contribution in [0.2, 0.25) is 0 Å². The Kier molecular flexibility index (Phi) is 11.6. The van der Waals surface area contributed by atoms with Gasteiger partial charge in [0.1, 0.15) is 30.0 Å². The summed E-state index contributed by atoms with van der Waals surface area (Å²) in [7, 11) is -3.30. The zero-order valence-corrected chi connectivity index (χ0v) is 19.6. The van der Waals surface area contributed by atoms with Crippen LogP contribution in [0.25, 0.3) is 0 Å². The molecule has 32 heavy (non-hydrogen) atoms. The van der Waals surface area contributed by atoms with Crippen molar-refractivity contribution in [3.63, 3.8) is 0 Å². The number of aliphatic hydroxyl groups is 1. The average Bonchev–Trinajstić information content (AvgIpc) is 2.79. The standard InChI is InChI=1S/C24H36NO6P/c1-2-20(7-6-16-32(28,29)19-31-23-8-4-3-5-9-23)14-15-25-17-22(27)18-30-24-12-10-21(26)11-13-24/h3-5,8-13,20,22,25-27H,2,6-7,14-19H2,1H3,(H,28,29). The van der Waals surface area contributed by atoms with Crippen LogP contribution in [0.15, 0.2) is 54.6 Å². The van der Waals surface area contributed by atoms with Gasteiger partial charge in [-0.2, -0.15) is 0 Å². The Morgan fingerprint density at radius 1 is 1.00 bits per heavy atom. The molecule has 0 spiro atoms. The van der Waals surface area contributed by atoms with Crippen LogP contribution in [0.1, 0.15) is 32.6 Å². The van der Waals surface area contributed by atoms with E-state index in [2.05, 4.69) is 12.2 Å². The number of phenols is 1. The number of hydrogen-bond acceptors (Lipinski definition) is 6. The first-order valence-electron chi connectivity index (χ1n) is 11.2. The quantitative estimate of drug-likeness (QED) is 0.217. The van der Waals surface area contributed by atoms with E-state index >= 15 is 0 Å². The maximum Gasteiger partial charge on any atom is 0.236 e. The average molecular weight is 466 g/mol. The van der Waals surface area contributed by atoms with Crippen LogP contribution in [0, 0.1) is 5.92 Å². The number of phenolic OH excluding ortho intramolecular Hbond substituents is 1. The number of ether oxygens (including phenoxy) is 2. The summed E-state index contributed by atoms with van der Waals surface area (Å²) in [6, 6.07) is 15.5. The third-order valence-electron chi connectivity index (χ3n) is 5.26. The van der Waals surface area contributed by atoms with E-state index in [1.165, 1.54) is 12.1 Å². The highest BCUT2D eigenvalue weighted by Gasteiger charge is 2.20. The lowest BCUT2D eigenvalue weighted by Gasteiger charge is -2.18. The highest BCUT2D eigenvalue weighted by atomic mass is 31.2. The normalized spacial score (nSPS) is 15.0. The molecule has 0 amide bonds. The summed E-state index contributed by atoms with van der Waals surface area (Å²) >= 11 is 0. The third kappa shape index (κ3) is 11.0. The number of aliphatic hydroxyl groups excluding tert-OH is 1. The number of nitrogens with one attached hydrogen (secondary N) is 1. The lowest BCUT2D eigenvalue weighted by atomic mass is 9.97. The van der Waals surface area contributed by atoms with E-state index in [0.717, 1.165) is 25.8 Å². The molecule has 0 aromatic heterocycles. The van der Waals surface area contributed by atoms with E-state index in [9.17, 15) is 19.7 Å². The minimum absolute atomic E-state index is 0.153. The Hall–Kier alpha value is -2.05. The van der Waals surface area contributed by atoms with Gasteiger partial charge in [0.2, 0.25) is 7.37 Å². The van der Waals surface area contributed by atoms with Crippen LogP contribution in [-0.4, -0.2) is 53.4 Å². The van der Waals surface area contributed by atoms with Crippen molar-refractivity contribution in [2.75, 3.05) is 32.2 Å². The fourth-order valence-corrected chi connectivity index (χ4v) is 4.46. The van der Waals surface area contributed by atoms with E-state index in [1.54, 1.807) is 24.3 Å². The molecule has 0 aliphatic rings. The number of aromatic hydroxyl groups is 1. The van der Waals surface area contributed by atoms with Crippen LogP contribution in [-0.2, 0) is 4.57 Å². The molecule has 0 aliphatic carbocycles. The van der Waals surface area contributed by atoms with E-state index in [-0.39, 0.29) is 24.9 Å². The molecule has 2 rings (SSSR count). The van der Waals surface area contributed by atoms with Crippen molar-refractivity contribution in [3.05, 3.63) is 54.6 Å². The van der Waals surface area contributed by atoms with E-state index in [1.807, 2.05) is 18.2 Å². The van der Waals surface area contributed by atoms with Crippen molar-refractivity contribution in [3.8, 4) is 17.2 Å². The van der Waals surface area contributed by atoms with Gasteiger partial charge >= 0.3 is 0 Å². The fourth-order valence-electron chi connectivity index (χ4n) is 3.30. The van der Waals surface area contributed by atoms with E-state index in [0.29, 0.717) is 30.4 Å². The number of rotatable bonds is 16. The molecule has 2 aromatic carbocycles. The number of benzene rings is 2. The van der Waals surface area contributed by atoms with Gasteiger partial charge in [0, 0.05) is 12.7 Å². The van der Waals surface area contributed by atoms with Crippen molar-refractivity contribution in [1.82, 2.24) is 5.32 Å². The summed E-state index contributed by atoms with van der Waals surface area (Å²) in [5.74, 6) is 1.84. The Bertz CT molecular complexity index is 802. The minimum atomic E-state index is -3.30.